The molecule has 152 valence electrons. The predicted molar refractivity (Wildman–Crippen MR) is 124 cm³/mol. The van der Waals surface area contributed by atoms with E-state index in [-0.39, 0.29) is 0 Å². The van der Waals surface area contributed by atoms with Crippen LogP contribution in [-0.2, 0) is 0 Å². The summed E-state index contributed by atoms with van der Waals surface area (Å²) in [5.74, 6) is 1.61. The minimum Gasteiger partial charge on any atom is -0.439 e. The maximum Gasteiger partial charge on any atom is 0.230 e. The van der Waals surface area contributed by atoms with Crippen molar-refractivity contribution in [1.82, 2.24) is 14.5 Å². The summed E-state index contributed by atoms with van der Waals surface area (Å²) in [5, 5.41) is 4.23. The zero-order chi connectivity index (χ0) is 21.2. The van der Waals surface area contributed by atoms with Crippen LogP contribution >= 0.6 is 0 Å². The van der Waals surface area contributed by atoms with Crippen LogP contribution in [0.25, 0.3) is 16.6 Å². The quantitative estimate of drug-likeness (QED) is 0.358. The van der Waals surface area contributed by atoms with E-state index in [1.165, 1.54) is 5.56 Å². The molecule has 31 heavy (non-hydrogen) atoms. The zero-order valence-electron chi connectivity index (χ0n) is 17.0. The topological polar surface area (TPSA) is 78.0 Å². The number of ether oxygens (including phenoxy) is 1. The van der Waals surface area contributed by atoms with Gasteiger partial charge in [0.2, 0.25) is 11.8 Å². The van der Waals surface area contributed by atoms with Gasteiger partial charge < -0.3 is 20.4 Å². The highest BCUT2D eigenvalue weighted by Crippen LogP contribution is 2.28. The summed E-state index contributed by atoms with van der Waals surface area (Å²) in [5.41, 5.74) is 10.8. The number of fused-ring (bicyclic) bond motifs is 1. The Morgan fingerprint density at radius 2 is 1.81 bits per heavy atom. The van der Waals surface area contributed by atoms with Gasteiger partial charge in [0.1, 0.15) is 5.75 Å². The van der Waals surface area contributed by atoms with Gasteiger partial charge in [0.05, 0.1) is 5.52 Å². The summed E-state index contributed by atoms with van der Waals surface area (Å²) in [6, 6.07) is 25.7. The van der Waals surface area contributed by atoms with E-state index in [0.717, 1.165) is 22.3 Å². The predicted octanol–water partition coefficient (Wildman–Crippen LogP) is 5.85. The molecule has 5 rings (SSSR count). The fourth-order valence-electron chi connectivity index (χ4n) is 3.44. The van der Waals surface area contributed by atoms with Crippen molar-refractivity contribution in [2.24, 2.45) is 0 Å². The Morgan fingerprint density at radius 1 is 0.935 bits per heavy atom. The number of nitrogen functional groups attached to an aromatic ring is 1. The average molecular weight is 407 g/mol. The van der Waals surface area contributed by atoms with Gasteiger partial charge in [-0.2, -0.15) is 4.98 Å². The maximum absolute atomic E-state index is 5.99. The number of hydrogen-bond donors (Lipinski definition) is 2. The lowest BCUT2D eigenvalue weighted by Gasteiger charge is -2.09. The van der Waals surface area contributed by atoms with E-state index in [0.29, 0.717) is 23.3 Å². The van der Waals surface area contributed by atoms with E-state index in [4.69, 9.17) is 10.5 Å². The molecule has 0 fully saturated rings. The molecule has 0 amide bonds. The third kappa shape index (κ3) is 4.04. The largest absolute Gasteiger partial charge is 0.439 e. The first kappa shape index (κ1) is 18.7. The number of benzene rings is 3. The van der Waals surface area contributed by atoms with Crippen molar-refractivity contribution < 1.29 is 4.74 Å². The second kappa shape index (κ2) is 7.84. The highest BCUT2D eigenvalue weighted by Gasteiger charge is 2.07. The lowest BCUT2D eigenvalue weighted by Crippen LogP contribution is -1.99. The first-order valence-corrected chi connectivity index (χ1v) is 9.96. The molecular formula is C25H21N5O. The molecule has 5 aromatic rings. The number of nitrogens with one attached hydrogen (secondary N) is 1. The van der Waals surface area contributed by atoms with Crippen LogP contribution in [0.3, 0.4) is 0 Å². The van der Waals surface area contributed by atoms with Crippen LogP contribution in [-0.4, -0.2) is 14.5 Å². The van der Waals surface area contributed by atoms with Gasteiger partial charge in [0.15, 0.2) is 0 Å². The smallest absolute Gasteiger partial charge is 0.230 e. The lowest BCUT2D eigenvalue weighted by atomic mass is 10.2. The van der Waals surface area contributed by atoms with E-state index in [2.05, 4.69) is 69.4 Å². The van der Waals surface area contributed by atoms with Crippen molar-refractivity contribution in [3.05, 3.63) is 96.8 Å². The summed E-state index contributed by atoms with van der Waals surface area (Å²) in [7, 11) is 0. The second-order valence-electron chi connectivity index (χ2n) is 7.31. The van der Waals surface area contributed by atoms with Crippen LogP contribution in [0.4, 0.5) is 17.3 Å². The molecule has 0 unspecified atom stereocenters. The Kier molecular flexibility index (Phi) is 4.72. The van der Waals surface area contributed by atoms with Crippen molar-refractivity contribution in [3.63, 3.8) is 0 Å². The van der Waals surface area contributed by atoms with Gasteiger partial charge in [-0.3, -0.25) is 0 Å². The van der Waals surface area contributed by atoms with Gasteiger partial charge in [0, 0.05) is 40.9 Å². The Labute approximate surface area is 180 Å². The zero-order valence-corrected chi connectivity index (χ0v) is 17.0. The third-order valence-electron chi connectivity index (χ3n) is 4.97. The van der Waals surface area contributed by atoms with Crippen molar-refractivity contribution >= 4 is 28.2 Å². The number of nitrogens with two attached hydrogens (primary N) is 1. The second-order valence-corrected chi connectivity index (χ2v) is 7.31. The molecule has 0 saturated heterocycles. The van der Waals surface area contributed by atoms with Crippen molar-refractivity contribution in [3.8, 4) is 17.3 Å². The molecule has 0 aliphatic heterocycles. The highest BCUT2D eigenvalue weighted by atomic mass is 16.5. The molecule has 6 heteroatoms. The number of aromatic nitrogens is 3. The van der Waals surface area contributed by atoms with Gasteiger partial charge in [0.25, 0.3) is 0 Å². The highest BCUT2D eigenvalue weighted by molar-refractivity contribution is 5.83. The Bertz CT molecular complexity index is 1360. The van der Waals surface area contributed by atoms with Crippen LogP contribution in [0.2, 0.25) is 0 Å². The number of hydrogen-bond acceptors (Lipinski definition) is 5. The summed E-state index contributed by atoms with van der Waals surface area (Å²) in [4.78, 5) is 8.70. The molecule has 0 saturated carbocycles. The van der Waals surface area contributed by atoms with Crippen LogP contribution in [0.5, 0.6) is 11.6 Å². The molecule has 0 radical (unpaired) electrons. The summed E-state index contributed by atoms with van der Waals surface area (Å²) in [6.45, 7) is 2.09. The van der Waals surface area contributed by atoms with Gasteiger partial charge in [-0.15, -0.1) is 0 Å². The fourth-order valence-corrected chi connectivity index (χ4v) is 3.44. The van der Waals surface area contributed by atoms with Crippen molar-refractivity contribution in [2.75, 3.05) is 11.1 Å². The molecule has 3 aromatic carbocycles. The number of anilines is 3. The van der Waals surface area contributed by atoms with Crippen LogP contribution in [0, 0.1) is 6.92 Å². The molecule has 0 aliphatic rings. The van der Waals surface area contributed by atoms with E-state index in [9.17, 15) is 0 Å². The monoisotopic (exact) mass is 407 g/mol. The summed E-state index contributed by atoms with van der Waals surface area (Å²) in [6.07, 6.45) is 3.72. The van der Waals surface area contributed by atoms with Crippen LogP contribution in [0.15, 0.2) is 91.3 Å². The molecule has 2 aromatic heterocycles. The number of nitrogens with zero attached hydrogens (tertiary/aromatic N) is 3. The van der Waals surface area contributed by atoms with Crippen molar-refractivity contribution in [1.29, 1.82) is 0 Å². The van der Waals surface area contributed by atoms with E-state index >= 15 is 0 Å². The number of aryl methyl sites for hydroxylation is 1. The molecule has 0 spiro atoms. The molecule has 2 heterocycles. The van der Waals surface area contributed by atoms with Gasteiger partial charge in [-0.05, 0) is 61.5 Å². The van der Waals surface area contributed by atoms with E-state index < -0.39 is 0 Å². The first-order chi connectivity index (χ1) is 15.1. The molecular weight excluding hydrogens is 386 g/mol. The third-order valence-corrected chi connectivity index (χ3v) is 4.97. The minimum absolute atomic E-state index is 0.440. The minimum atomic E-state index is 0.440. The molecule has 6 nitrogen and oxygen atoms in total. The van der Waals surface area contributed by atoms with E-state index in [1.54, 1.807) is 12.3 Å². The van der Waals surface area contributed by atoms with Crippen LogP contribution in [0.1, 0.15) is 5.56 Å². The molecule has 3 N–H and O–H groups in total. The van der Waals surface area contributed by atoms with Gasteiger partial charge in [-0.25, -0.2) is 4.98 Å². The van der Waals surface area contributed by atoms with E-state index in [1.807, 2.05) is 36.4 Å². The maximum atomic E-state index is 5.99. The molecule has 0 atom stereocenters. The summed E-state index contributed by atoms with van der Waals surface area (Å²) >= 11 is 0. The first-order valence-electron chi connectivity index (χ1n) is 9.96. The molecule has 0 aliphatic carbocycles. The fraction of sp³-hybridized carbons (Fsp3) is 0.0400. The Balaban J connectivity index is 1.37. The standard InChI is InChI=1S/C25H21N5O/c1-17-5-7-21(8-6-17)30-14-12-18-15-22(9-10-23(18)30)31-24-11-13-27-25(29-24)28-20-4-2-3-19(26)16-20/h2-16H,26H2,1H3,(H,27,28,29). The van der Waals surface area contributed by atoms with Gasteiger partial charge >= 0.3 is 0 Å². The lowest BCUT2D eigenvalue weighted by molar-refractivity contribution is 0.463. The average Bonchev–Trinajstić information content (AvgIpc) is 3.18. The molecule has 0 bridgehead atoms. The van der Waals surface area contributed by atoms with Gasteiger partial charge in [-0.1, -0.05) is 23.8 Å². The normalized spacial score (nSPS) is 10.9. The Morgan fingerprint density at radius 3 is 2.65 bits per heavy atom. The number of rotatable bonds is 5. The van der Waals surface area contributed by atoms with Crippen LogP contribution < -0.4 is 15.8 Å². The summed E-state index contributed by atoms with van der Waals surface area (Å²) < 4.78 is 8.16. The van der Waals surface area contributed by atoms with Crippen molar-refractivity contribution in [2.45, 2.75) is 6.92 Å². The Hall–Kier alpha value is -4.32. The SMILES string of the molecule is Cc1ccc(-n2ccc3cc(Oc4ccnc(Nc5cccc(N)c5)n4)ccc32)cc1.